The van der Waals surface area contributed by atoms with Crippen LogP contribution in [0.25, 0.3) is 0 Å². The molecule has 4 N–H and O–H groups in total. The maximum absolute atomic E-state index is 11.8. The number of aromatic amines is 1. The normalized spacial score (nSPS) is 15.0. The van der Waals surface area contributed by atoms with Crippen LogP contribution in [-0.2, 0) is 4.79 Å². The first-order valence-electron chi connectivity index (χ1n) is 5.85. The predicted octanol–water partition coefficient (Wildman–Crippen LogP) is 0.733. The lowest BCUT2D eigenvalue weighted by atomic mass is 9.97. The van der Waals surface area contributed by atoms with Gasteiger partial charge < -0.3 is 11.1 Å². The van der Waals surface area contributed by atoms with Crippen LogP contribution in [0.15, 0.2) is 11.6 Å². The minimum Gasteiger partial charge on any atom is -0.364 e. The standard InChI is InChI=1S/C11H15N5O2/c12-10(18)9-11(15-16-14-9)13-8(17)6-7-4-2-1-3-5-7/h4H,1-3,5-6H2,(H2,12,18)(H2,13,14,15,16,17). The van der Waals surface area contributed by atoms with Crippen LogP contribution in [0.5, 0.6) is 0 Å². The molecule has 96 valence electrons. The van der Waals surface area contributed by atoms with E-state index in [2.05, 4.69) is 26.8 Å². The second-order valence-corrected chi connectivity index (χ2v) is 4.22. The third-order valence-corrected chi connectivity index (χ3v) is 2.81. The number of carbonyl (C=O) groups is 2. The maximum Gasteiger partial charge on any atom is 0.273 e. The molecule has 1 aromatic heterocycles. The number of carbonyl (C=O) groups excluding carboxylic acids is 2. The van der Waals surface area contributed by atoms with E-state index in [9.17, 15) is 9.59 Å². The van der Waals surface area contributed by atoms with Gasteiger partial charge in [0.25, 0.3) is 5.91 Å². The summed E-state index contributed by atoms with van der Waals surface area (Å²) in [6, 6.07) is 0. The van der Waals surface area contributed by atoms with E-state index >= 15 is 0 Å². The Balaban J connectivity index is 1.96. The summed E-state index contributed by atoms with van der Waals surface area (Å²) in [6.45, 7) is 0. The molecular formula is C11H15N5O2. The maximum atomic E-state index is 11.8. The Morgan fingerprint density at radius 3 is 2.89 bits per heavy atom. The summed E-state index contributed by atoms with van der Waals surface area (Å²) < 4.78 is 0. The number of nitrogens with zero attached hydrogens (tertiary/aromatic N) is 2. The second kappa shape index (κ2) is 5.44. The van der Waals surface area contributed by atoms with Crippen LogP contribution in [0.4, 0.5) is 5.82 Å². The average Bonchev–Trinajstić information content (AvgIpc) is 2.78. The summed E-state index contributed by atoms with van der Waals surface area (Å²) >= 11 is 0. The van der Waals surface area contributed by atoms with Crippen molar-refractivity contribution in [1.82, 2.24) is 15.4 Å². The molecule has 0 bridgehead atoms. The minimum atomic E-state index is -0.726. The fourth-order valence-corrected chi connectivity index (χ4v) is 1.94. The van der Waals surface area contributed by atoms with E-state index in [0.717, 1.165) is 24.8 Å². The number of hydrogen-bond acceptors (Lipinski definition) is 4. The molecule has 0 fully saturated rings. The van der Waals surface area contributed by atoms with E-state index in [0.29, 0.717) is 6.42 Å². The van der Waals surface area contributed by atoms with Gasteiger partial charge in [0.05, 0.1) is 0 Å². The van der Waals surface area contributed by atoms with Crippen LogP contribution < -0.4 is 11.1 Å². The first kappa shape index (κ1) is 12.3. The Morgan fingerprint density at radius 1 is 1.39 bits per heavy atom. The van der Waals surface area contributed by atoms with E-state index in [1.54, 1.807) is 0 Å². The van der Waals surface area contributed by atoms with Gasteiger partial charge in [0.1, 0.15) is 0 Å². The first-order chi connectivity index (χ1) is 8.66. The summed E-state index contributed by atoms with van der Waals surface area (Å²) in [5.41, 5.74) is 6.17. The van der Waals surface area contributed by atoms with Crippen LogP contribution in [0.2, 0.25) is 0 Å². The molecule has 0 unspecified atom stereocenters. The molecule has 1 heterocycles. The molecular weight excluding hydrogens is 234 g/mol. The molecule has 0 radical (unpaired) electrons. The fraction of sp³-hybridized carbons (Fsp3) is 0.455. The minimum absolute atomic E-state index is 0.0547. The largest absolute Gasteiger partial charge is 0.364 e. The third kappa shape index (κ3) is 2.93. The number of primary amides is 1. The molecule has 7 nitrogen and oxygen atoms in total. The van der Waals surface area contributed by atoms with E-state index in [4.69, 9.17) is 5.73 Å². The van der Waals surface area contributed by atoms with Gasteiger partial charge in [-0.2, -0.15) is 5.21 Å². The summed E-state index contributed by atoms with van der Waals surface area (Å²) in [5.74, 6) is -0.848. The van der Waals surface area contributed by atoms with E-state index in [1.807, 2.05) is 0 Å². The van der Waals surface area contributed by atoms with Gasteiger partial charge >= 0.3 is 0 Å². The molecule has 18 heavy (non-hydrogen) atoms. The molecule has 1 aliphatic rings. The van der Waals surface area contributed by atoms with Crippen molar-refractivity contribution in [3.63, 3.8) is 0 Å². The number of aromatic nitrogens is 3. The van der Waals surface area contributed by atoms with Crippen molar-refractivity contribution in [2.24, 2.45) is 5.73 Å². The van der Waals surface area contributed by atoms with Gasteiger partial charge in [-0.1, -0.05) is 11.6 Å². The number of allylic oxidation sites excluding steroid dienone is 1. The molecule has 0 saturated heterocycles. The number of rotatable bonds is 4. The second-order valence-electron chi connectivity index (χ2n) is 4.22. The smallest absolute Gasteiger partial charge is 0.273 e. The van der Waals surface area contributed by atoms with Crippen molar-refractivity contribution in [1.29, 1.82) is 0 Å². The molecule has 0 spiro atoms. The zero-order valence-electron chi connectivity index (χ0n) is 9.90. The zero-order chi connectivity index (χ0) is 13.0. The molecule has 1 aliphatic carbocycles. The molecule has 0 aliphatic heterocycles. The lowest BCUT2D eigenvalue weighted by Crippen LogP contribution is -2.18. The van der Waals surface area contributed by atoms with Crippen LogP contribution in [-0.4, -0.2) is 27.2 Å². The average molecular weight is 249 g/mol. The van der Waals surface area contributed by atoms with E-state index in [-0.39, 0.29) is 17.4 Å². The lowest BCUT2D eigenvalue weighted by molar-refractivity contribution is -0.115. The van der Waals surface area contributed by atoms with Crippen molar-refractivity contribution in [2.45, 2.75) is 32.1 Å². The van der Waals surface area contributed by atoms with Gasteiger partial charge in [-0.15, -0.1) is 10.2 Å². The Bertz CT molecular complexity index is 491. The topological polar surface area (TPSA) is 114 Å². The van der Waals surface area contributed by atoms with Crippen molar-refractivity contribution in [2.75, 3.05) is 5.32 Å². The van der Waals surface area contributed by atoms with Crippen molar-refractivity contribution < 1.29 is 9.59 Å². The molecule has 0 atom stereocenters. The highest BCUT2D eigenvalue weighted by Gasteiger charge is 2.16. The van der Waals surface area contributed by atoms with Gasteiger partial charge in [0, 0.05) is 6.42 Å². The van der Waals surface area contributed by atoms with Gasteiger partial charge in [0.2, 0.25) is 5.91 Å². The van der Waals surface area contributed by atoms with Gasteiger partial charge in [-0.3, -0.25) is 9.59 Å². The van der Waals surface area contributed by atoms with Gasteiger partial charge in [-0.05, 0) is 25.7 Å². The number of hydrogen-bond donors (Lipinski definition) is 3. The number of nitrogens with one attached hydrogen (secondary N) is 2. The molecule has 2 amide bonds. The highest BCUT2D eigenvalue weighted by molar-refractivity contribution is 6.00. The van der Waals surface area contributed by atoms with Crippen LogP contribution in [0.1, 0.15) is 42.6 Å². The lowest BCUT2D eigenvalue weighted by Gasteiger charge is -2.11. The summed E-state index contributed by atoms with van der Waals surface area (Å²) in [4.78, 5) is 22.8. The monoisotopic (exact) mass is 249 g/mol. The Hall–Kier alpha value is -2.18. The summed E-state index contributed by atoms with van der Waals surface area (Å²) in [5, 5.41) is 12.0. The Labute approximate surface area is 104 Å². The molecule has 1 aromatic rings. The van der Waals surface area contributed by atoms with Crippen molar-refractivity contribution >= 4 is 17.6 Å². The van der Waals surface area contributed by atoms with Crippen molar-refractivity contribution in [3.05, 3.63) is 17.3 Å². The van der Waals surface area contributed by atoms with E-state index < -0.39 is 5.91 Å². The SMILES string of the molecule is NC(=O)c1n[nH]nc1NC(=O)CC1=CCCCC1. The number of amides is 2. The third-order valence-electron chi connectivity index (χ3n) is 2.81. The Morgan fingerprint density at radius 2 is 2.22 bits per heavy atom. The Kier molecular flexibility index (Phi) is 3.71. The van der Waals surface area contributed by atoms with Crippen LogP contribution in [0.3, 0.4) is 0 Å². The van der Waals surface area contributed by atoms with Gasteiger partial charge in [-0.25, -0.2) is 0 Å². The van der Waals surface area contributed by atoms with Crippen LogP contribution in [0, 0.1) is 0 Å². The molecule has 2 rings (SSSR count). The fourth-order valence-electron chi connectivity index (χ4n) is 1.94. The zero-order valence-corrected chi connectivity index (χ0v) is 9.90. The highest BCUT2D eigenvalue weighted by atomic mass is 16.2. The van der Waals surface area contributed by atoms with Crippen molar-refractivity contribution in [3.8, 4) is 0 Å². The molecule has 0 aromatic carbocycles. The number of H-pyrrole nitrogens is 1. The molecule has 0 saturated carbocycles. The first-order valence-corrected chi connectivity index (χ1v) is 5.85. The highest BCUT2D eigenvalue weighted by Crippen LogP contribution is 2.20. The summed E-state index contributed by atoms with van der Waals surface area (Å²) in [6.07, 6.45) is 6.70. The number of anilines is 1. The summed E-state index contributed by atoms with van der Waals surface area (Å²) in [7, 11) is 0. The predicted molar refractivity (Wildman–Crippen MR) is 64.7 cm³/mol. The quantitative estimate of drug-likeness (QED) is 0.682. The number of nitrogens with two attached hydrogens (primary N) is 1. The van der Waals surface area contributed by atoms with Crippen LogP contribution >= 0.6 is 0 Å². The van der Waals surface area contributed by atoms with E-state index in [1.165, 1.54) is 6.42 Å². The van der Waals surface area contributed by atoms with Gasteiger partial charge in [0.15, 0.2) is 11.5 Å². The molecule has 7 heteroatoms.